The zero-order valence-corrected chi connectivity index (χ0v) is 11.1. The number of halogens is 1. The second-order valence-electron chi connectivity index (χ2n) is 4.19. The Labute approximate surface area is 107 Å². The minimum atomic E-state index is -1.06. The summed E-state index contributed by atoms with van der Waals surface area (Å²) < 4.78 is 5.39. The lowest BCUT2D eigenvalue weighted by Gasteiger charge is -2.26. The van der Waals surface area contributed by atoms with Crippen molar-refractivity contribution < 1.29 is 9.84 Å². The molecule has 0 aliphatic carbocycles. The van der Waals surface area contributed by atoms with Crippen LogP contribution in [0, 0.1) is 6.92 Å². The molecule has 17 heavy (non-hydrogen) atoms. The van der Waals surface area contributed by atoms with Crippen LogP contribution in [-0.4, -0.2) is 18.3 Å². The van der Waals surface area contributed by atoms with E-state index in [4.69, 9.17) is 22.2 Å². The zero-order valence-electron chi connectivity index (χ0n) is 10.4. The van der Waals surface area contributed by atoms with E-state index in [-0.39, 0.29) is 6.54 Å². The Bertz CT molecular complexity index is 394. The minimum absolute atomic E-state index is 0.248. The summed E-state index contributed by atoms with van der Waals surface area (Å²) >= 11 is 6.10. The summed E-state index contributed by atoms with van der Waals surface area (Å²) in [6.45, 7) is 6.29. The third-order valence-electron chi connectivity index (χ3n) is 2.61. The molecular formula is C12H19ClN2O2. The summed E-state index contributed by atoms with van der Waals surface area (Å²) in [6, 6.07) is 3.55. The van der Waals surface area contributed by atoms with Crippen LogP contribution in [-0.2, 0) is 5.60 Å². The van der Waals surface area contributed by atoms with Crippen molar-refractivity contribution in [3.63, 3.8) is 0 Å². The first-order valence-corrected chi connectivity index (χ1v) is 5.89. The Kier molecular flexibility index (Phi) is 4.77. The second-order valence-corrected chi connectivity index (χ2v) is 4.59. The Morgan fingerprint density at radius 1 is 1.53 bits per heavy atom. The molecule has 0 aromatic heterocycles. The molecule has 5 heteroatoms. The van der Waals surface area contributed by atoms with Crippen molar-refractivity contribution in [1.29, 1.82) is 0 Å². The smallest absolute Gasteiger partial charge is 0.138 e. The molecule has 0 amide bonds. The summed E-state index contributed by atoms with van der Waals surface area (Å²) in [6.07, 6.45) is 0. The minimum Gasteiger partial charge on any atom is -0.492 e. The van der Waals surface area contributed by atoms with Crippen molar-refractivity contribution in [3.05, 3.63) is 28.3 Å². The van der Waals surface area contributed by atoms with E-state index in [1.54, 1.807) is 13.0 Å². The van der Waals surface area contributed by atoms with Crippen LogP contribution in [0.3, 0.4) is 0 Å². The first-order chi connectivity index (χ1) is 7.92. The first kappa shape index (κ1) is 14.3. The summed E-state index contributed by atoms with van der Waals surface area (Å²) in [5.41, 5.74) is 3.06. The molecule has 0 saturated carbocycles. The molecule has 96 valence electrons. The Morgan fingerprint density at radius 2 is 2.18 bits per heavy atom. The van der Waals surface area contributed by atoms with Crippen molar-refractivity contribution in [3.8, 4) is 5.75 Å². The Morgan fingerprint density at radius 3 is 2.71 bits per heavy atom. The molecule has 1 atom stereocenters. The van der Waals surface area contributed by atoms with Gasteiger partial charge in [0, 0.05) is 6.54 Å². The van der Waals surface area contributed by atoms with Gasteiger partial charge in [-0.25, -0.2) is 0 Å². The predicted molar refractivity (Wildman–Crippen MR) is 69.1 cm³/mol. The van der Waals surface area contributed by atoms with Gasteiger partial charge in [-0.2, -0.15) is 0 Å². The number of rotatable bonds is 5. The maximum atomic E-state index is 10.3. The number of aliphatic hydroxyl groups is 1. The normalized spacial score (nSPS) is 14.5. The average Bonchev–Trinajstić information content (AvgIpc) is 2.23. The summed E-state index contributed by atoms with van der Waals surface area (Å²) in [7, 11) is 0. The van der Waals surface area contributed by atoms with Crippen molar-refractivity contribution in [2.24, 2.45) is 5.84 Å². The van der Waals surface area contributed by atoms with Gasteiger partial charge in [0.15, 0.2) is 0 Å². The molecular weight excluding hydrogens is 240 g/mol. The zero-order chi connectivity index (χ0) is 13.1. The molecule has 0 heterocycles. The standard InChI is InChI=1S/C12H19ClN2O2/c1-4-17-11-5-8(2)9(6-10(11)13)12(3,16)7-15-14/h5-6,15-16H,4,7,14H2,1-3H3. The van der Waals surface area contributed by atoms with Crippen LogP contribution in [0.5, 0.6) is 5.75 Å². The molecule has 4 N–H and O–H groups in total. The lowest BCUT2D eigenvalue weighted by molar-refractivity contribution is 0.0566. The molecule has 1 aromatic rings. The van der Waals surface area contributed by atoms with Crippen LogP contribution >= 0.6 is 11.6 Å². The van der Waals surface area contributed by atoms with Gasteiger partial charge in [0.1, 0.15) is 11.4 Å². The maximum Gasteiger partial charge on any atom is 0.138 e. The monoisotopic (exact) mass is 258 g/mol. The summed E-state index contributed by atoms with van der Waals surface area (Å²) in [5, 5.41) is 10.8. The van der Waals surface area contributed by atoms with Gasteiger partial charge in [-0.05, 0) is 44.0 Å². The van der Waals surface area contributed by atoms with Crippen LogP contribution in [0.1, 0.15) is 25.0 Å². The predicted octanol–water partition coefficient (Wildman–Crippen LogP) is 1.72. The first-order valence-electron chi connectivity index (χ1n) is 5.51. The molecule has 1 aromatic carbocycles. The van der Waals surface area contributed by atoms with Gasteiger partial charge in [0.25, 0.3) is 0 Å². The molecule has 0 spiro atoms. The van der Waals surface area contributed by atoms with Crippen molar-refractivity contribution in [1.82, 2.24) is 5.43 Å². The van der Waals surface area contributed by atoms with Crippen LogP contribution in [0.25, 0.3) is 0 Å². The van der Waals surface area contributed by atoms with Gasteiger partial charge in [0.05, 0.1) is 11.6 Å². The maximum absolute atomic E-state index is 10.3. The lowest BCUT2D eigenvalue weighted by Crippen LogP contribution is -2.39. The number of benzene rings is 1. The number of aryl methyl sites for hydroxylation is 1. The van der Waals surface area contributed by atoms with E-state index in [1.807, 2.05) is 19.9 Å². The van der Waals surface area contributed by atoms with Gasteiger partial charge >= 0.3 is 0 Å². The highest BCUT2D eigenvalue weighted by Crippen LogP contribution is 2.33. The Balaban J connectivity index is 3.15. The molecule has 4 nitrogen and oxygen atoms in total. The molecule has 0 saturated heterocycles. The van der Waals surface area contributed by atoms with E-state index in [0.29, 0.717) is 17.4 Å². The fraction of sp³-hybridized carbons (Fsp3) is 0.500. The van der Waals surface area contributed by atoms with E-state index in [2.05, 4.69) is 5.43 Å². The highest BCUT2D eigenvalue weighted by Gasteiger charge is 2.25. The van der Waals surface area contributed by atoms with Gasteiger partial charge in [-0.3, -0.25) is 11.3 Å². The van der Waals surface area contributed by atoms with Gasteiger partial charge in [0.2, 0.25) is 0 Å². The molecule has 1 rings (SSSR count). The van der Waals surface area contributed by atoms with Crippen molar-refractivity contribution >= 4 is 11.6 Å². The van der Waals surface area contributed by atoms with Crippen LogP contribution < -0.4 is 16.0 Å². The van der Waals surface area contributed by atoms with E-state index < -0.39 is 5.60 Å². The quantitative estimate of drug-likeness (QED) is 0.556. The molecule has 0 radical (unpaired) electrons. The summed E-state index contributed by atoms with van der Waals surface area (Å²) in [4.78, 5) is 0. The highest BCUT2D eigenvalue weighted by atomic mass is 35.5. The summed E-state index contributed by atoms with van der Waals surface area (Å²) in [5.74, 6) is 5.88. The fourth-order valence-corrected chi connectivity index (χ4v) is 2.01. The SMILES string of the molecule is CCOc1cc(C)c(C(C)(O)CNN)cc1Cl. The second kappa shape index (κ2) is 5.69. The largest absolute Gasteiger partial charge is 0.492 e. The van der Waals surface area contributed by atoms with E-state index in [0.717, 1.165) is 11.1 Å². The third-order valence-corrected chi connectivity index (χ3v) is 2.90. The fourth-order valence-electron chi connectivity index (χ4n) is 1.80. The molecule has 0 bridgehead atoms. The molecule has 0 aliphatic heterocycles. The number of hydrogen-bond acceptors (Lipinski definition) is 4. The van der Waals surface area contributed by atoms with Gasteiger partial charge in [-0.1, -0.05) is 11.6 Å². The van der Waals surface area contributed by atoms with Crippen molar-refractivity contribution in [2.45, 2.75) is 26.4 Å². The van der Waals surface area contributed by atoms with Gasteiger partial charge in [-0.15, -0.1) is 0 Å². The molecule has 1 unspecified atom stereocenters. The van der Waals surface area contributed by atoms with E-state index in [9.17, 15) is 5.11 Å². The Hall–Kier alpha value is -0.810. The number of ether oxygens (including phenoxy) is 1. The van der Waals surface area contributed by atoms with Crippen LogP contribution in [0.15, 0.2) is 12.1 Å². The van der Waals surface area contributed by atoms with E-state index in [1.165, 1.54) is 0 Å². The van der Waals surface area contributed by atoms with Crippen LogP contribution in [0.2, 0.25) is 5.02 Å². The van der Waals surface area contributed by atoms with Crippen LogP contribution in [0.4, 0.5) is 0 Å². The number of hydrogen-bond donors (Lipinski definition) is 3. The average molecular weight is 259 g/mol. The topological polar surface area (TPSA) is 67.5 Å². The number of hydrazine groups is 1. The lowest BCUT2D eigenvalue weighted by atomic mass is 9.92. The number of nitrogens with two attached hydrogens (primary N) is 1. The third kappa shape index (κ3) is 3.33. The molecule has 0 fully saturated rings. The molecule has 0 aliphatic rings. The number of nitrogens with one attached hydrogen (secondary N) is 1. The van der Waals surface area contributed by atoms with E-state index >= 15 is 0 Å². The highest BCUT2D eigenvalue weighted by molar-refractivity contribution is 6.32. The van der Waals surface area contributed by atoms with Gasteiger partial charge < -0.3 is 9.84 Å². The van der Waals surface area contributed by atoms with Crippen molar-refractivity contribution in [2.75, 3.05) is 13.2 Å².